The first-order valence-corrected chi connectivity index (χ1v) is 6.15. The zero-order chi connectivity index (χ0) is 12.6. The quantitative estimate of drug-likeness (QED) is 0.867. The Kier molecular flexibility index (Phi) is 3.09. The molecule has 1 amide bonds. The highest BCUT2D eigenvalue weighted by Gasteiger charge is 2.28. The highest BCUT2D eigenvalue weighted by Crippen LogP contribution is 2.32. The van der Waals surface area contributed by atoms with Crippen LogP contribution in [0.1, 0.15) is 26.5 Å². The summed E-state index contributed by atoms with van der Waals surface area (Å²) in [4.78, 5) is 13.8. The molecule has 1 N–H and O–H groups in total. The zero-order valence-electron chi connectivity index (χ0n) is 10.9. The van der Waals surface area contributed by atoms with E-state index in [0.29, 0.717) is 12.5 Å². The van der Waals surface area contributed by atoms with Gasteiger partial charge in [-0.15, -0.1) is 0 Å². The molecule has 0 aromatic carbocycles. The van der Waals surface area contributed by atoms with E-state index in [1.54, 1.807) is 0 Å². The van der Waals surface area contributed by atoms with E-state index in [4.69, 9.17) is 0 Å². The number of aromatic nitrogens is 2. The maximum Gasteiger partial charge on any atom is 0.244 e. The summed E-state index contributed by atoms with van der Waals surface area (Å²) in [6.45, 7) is 10.4. The molecule has 5 heteroatoms. The van der Waals surface area contributed by atoms with E-state index in [-0.39, 0.29) is 5.91 Å². The van der Waals surface area contributed by atoms with E-state index < -0.39 is 0 Å². The fourth-order valence-electron chi connectivity index (χ4n) is 2.28. The Bertz CT molecular complexity index is 436. The minimum Gasteiger partial charge on any atom is -0.346 e. The molecule has 5 nitrogen and oxygen atoms in total. The van der Waals surface area contributed by atoms with E-state index >= 15 is 0 Å². The lowest BCUT2D eigenvalue weighted by Gasteiger charge is -2.31. The summed E-state index contributed by atoms with van der Waals surface area (Å²) >= 11 is 0. The fourth-order valence-corrected chi connectivity index (χ4v) is 2.28. The van der Waals surface area contributed by atoms with Crippen molar-refractivity contribution in [3.05, 3.63) is 5.69 Å². The van der Waals surface area contributed by atoms with Crippen LogP contribution in [0.25, 0.3) is 0 Å². The normalized spacial score (nSPS) is 15.1. The molecule has 2 rings (SSSR count). The van der Waals surface area contributed by atoms with Gasteiger partial charge in [-0.05, 0) is 19.8 Å². The van der Waals surface area contributed by atoms with Crippen LogP contribution in [-0.2, 0) is 11.3 Å². The molecule has 2 heterocycles. The van der Waals surface area contributed by atoms with Crippen LogP contribution in [0.5, 0.6) is 0 Å². The lowest BCUT2D eigenvalue weighted by molar-refractivity contribution is -0.115. The van der Waals surface area contributed by atoms with Gasteiger partial charge in [0.15, 0.2) is 5.82 Å². The second-order valence-corrected chi connectivity index (χ2v) is 4.92. The highest BCUT2D eigenvalue weighted by atomic mass is 16.2. The van der Waals surface area contributed by atoms with E-state index in [2.05, 4.69) is 36.1 Å². The number of rotatable bonds is 3. The number of nitrogens with one attached hydrogen (secondary N) is 1. The van der Waals surface area contributed by atoms with Crippen molar-refractivity contribution in [2.45, 2.75) is 34.2 Å². The minimum atomic E-state index is 0.0527. The van der Waals surface area contributed by atoms with Crippen molar-refractivity contribution in [1.29, 1.82) is 0 Å². The van der Waals surface area contributed by atoms with Crippen molar-refractivity contribution >= 4 is 17.4 Å². The van der Waals surface area contributed by atoms with Crippen molar-refractivity contribution in [2.75, 3.05) is 23.3 Å². The average Bonchev–Trinajstić information content (AvgIpc) is 2.55. The van der Waals surface area contributed by atoms with Crippen LogP contribution in [0.15, 0.2) is 0 Å². The number of hydrogen-bond acceptors (Lipinski definition) is 3. The van der Waals surface area contributed by atoms with Crippen LogP contribution in [0.2, 0.25) is 0 Å². The Balaban J connectivity index is 2.43. The van der Waals surface area contributed by atoms with Gasteiger partial charge >= 0.3 is 0 Å². The lowest BCUT2D eigenvalue weighted by Crippen LogP contribution is -2.41. The number of hydrogen-bond donors (Lipinski definition) is 1. The van der Waals surface area contributed by atoms with Gasteiger partial charge in [0.2, 0.25) is 5.91 Å². The maximum absolute atomic E-state index is 11.7. The molecule has 0 atom stereocenters. The van der Waals surface area contributed by atoms with Crippen LogP contribution in [-0.4, -0.2) is 28.8 Å². The third-order valence-electron chi connectivity index (χ3n) is 2.88. The van der Waals surface area contributed by atoms with Gasteiger partial charge < -0.3 is 10.2 Å². The van der Waals surface area contributed by atoms with Gasteiger partial charge in [-0.1, -0.05) is 13.8 Å². The first-order chi connectivity index (χ1) is 8.02. The van der Waals surface area contributed by atoms with Gasteiger partial charge in [-0.3, -0.25) is 4.79 Å². The van der Waals surface area contributed by atoms with Crippen LogP contribution in [0, 0.1) is 12.8 Å². The molecule has 94 valence electrons. The Morgan fingerprint density at radius 3 is 2.76 bits per heavy atom. The minimum absolute atomic E-state index is 0.0527. The molecule has 0 aliphatic carbocycles. The number of aryl methyl sites for hydroxylation is 2. The van der Waals surface area contributed by atoms with Crippen molar-refractivity contribution in [2.24, 2.45) is 5.92 Å². The molecule has 1 aromatic heterocycles. The van der Waals surface area contributed by atoms with Gasteiger partial charge in [0, 0.05) is 13.1 Å². The van der Waals surface area contributed by atoms with Gasteiger partial charge in [0.1, 0.15) is 5.69 Å². The molecule has 0 radical (unpaired) electrons. The predicted octanol–water partition coefficient (Wildman–Crippen LogP) is 1.63. The monoisotopic (exact) mass is 236 g/mol. The summed E-state index contributed by atoms with van der Waals surface area (Å²) in [5.41, 5.74) is 1.77. The Hall–Kier alpha value is -1.52. The van der Waals surface area contributed by atoms with E-state index in [1.165, 1.54) is 0 Å². The van der Waals surface area contributed by atoms with E-state index in [0.717, 1.165) is 30.3 Å². The summed E-state index contributed by atoms with van der Waals surface area (Å²) < 4.78 is 1.96. The first kappa shape index (κ1) is 12.0. The lowest BCUT2D eigenvalue weighted by atomic mass is 10.2. The number of carbonyl (C=O) groups is 1. The zero-order valence-corrected chi connectivity index (χ0v) is 10.9. The molecule has 0 spiro atoms. The molecular weight excluding hydrogens is 216 g/mol. The molecular formula is C12H20N4O. The van der Waals surface area contributed by atoms with Crippen LogP contribution in [0.4, 0.5) is 11.5 Å². The molecule has 17 heavy (non-hydrogen) atoms. The van der Waals surface area contributed by atoms with Crippen LogP contribution in [0.3, 0.4) is 0 Å². The molecule has 1 aromatic rings. The number of carbonyl (C=O) groups excluding carboxylic acids is 1. The SMILES string of the molecule is CCn1nc(C)c2c1N(CC(C)C)CC(=O)N2. The topological polar surface area (TPSA) is 50.2 Å². The second kappa shape index (κ2) is 4.39. The van der Waals surface area contributed by atoms with Gasteiger partial charge in [0.25, 0.3) is 0 Å². The van der Waals surface area contributed by atoms with Gasteiger partial charge in [-0.25, -0.2) is 4.68 Å². The van der Waals surface area contributed by atoms with Crippen molar-refractivity contribution in [1.82, 2.24) is 9.78 Å². The van der Waals surface area contributed by atoms with Crippen molar-refractivity contribution in [3.63, 3.8) is 0 Å². The van der Waals surface area contributed by atoms with E-state index in [9.17, 15) is 4.79 Å². The molecule has 0 fully saturated rings. The van der Waals surface area contributed by atoms with Crippen molar-refractivity contribution < 1.29 is 4.79 Å². The molecule has 0 unspecified atom stereocenters. The largest absolute Gasteiger partial charge is 0.346 e. The number of anilines is 2. The summed E-state index contributed by atoms with van der Waals surface area (Å²) in [7, 11) is 0. The summed E-state index contributed by atoms with van der Waals surface area (Å²) in [5.74, 6) is 1.63. The standard InChI is InChI=1S/C12H20N4O/c1-5-16-12-11(9(4)14-16)13-10(17)7-15(12)6-8(2)3/h8H,5-7H2,1-4H3,(H,13,17). The molecule has 0 saturated carbocycles. The number of nitrogens with zero attached hydrogens (tertiary/aromatic N) is 3. The molecule has 0 bridgehead atoms. The Morgan fingerprint density at radius 2 is 2.18 bits per heavy atom. The first-order valence-electron chi connectivity index (χ1n) is 6.15. The number of amides is 1. The number of fused-ring (bicyclic) bond motifs is 1. The maximum atomic E-state index is 11.7. The average molecular weight is 236 g/mol. The molecule has 0 saturated heterocycles. The van der Waals surface area contributed by atoms with Crippen LogP contribution >= 0.6 is 0 Å². The Labute approximate surface area is 102 Å². The van der Waals surface area contributed by atoms with Crippen molar-refractivity contribution in [3.8, 4) is 0 Å². The van der Waals surface area contributed by atoms with Gasteiger partial charge in [-0.2, -0.15) is 5.10 Å². The molecule has 1 aliphatic rings. The third kappa shape index (κ3) is 2.14. The fraction of sp³-hybridized carbons (Fsp3) is 0.667. The summed E-state index contributed by atoms with van der Waals surface area (Å²) in [6, 6.07) is 0. The predicted molar refractivity (Wildman–Crippen MR) is 68.3 cm³/mol. The summed E-state index contributed by atoms with van der Waals surface area (Å²) in [6.07, 6.45) is 0. The van der Waals surface area contributed by atoms with E-state index in [1.807, 2.05) is 11.6 Å². The molecule has 1 aliphatic heterocycles. The van der Waals surface area contributed by atoms with Gasteiger partial charge in [0.05, 0.1) is 12.2 Å². The highest BCUT2D eigenvalue weighted by molar-refractivity contribution is 6.01. The Morgan fingerprint density at radius 1 is 1.47 bits per heavy atom. The smallest absolute Gasteiger partial charge is 0.244 e. The van der Waals surface area contributed by atoms with Crippen LogP contribution < -0.4 is 10.2 Å². The summed E-state index contributed by atoms with van der Waals surface area (Å²) in [5, 5.41) is 7.39. The second-order valence-electron chi connectivity index (χ2n) is 4.92. The third-order valence-corrected chi connectivity index (χ3v) is 2.88.